The molecule has 2 fully saturated rings. The second-order valence-corrected chi connectivity index (χ2v) is 10.4. The molecule has 0 radical (unpaired) electrons. The SMILES string of the molecule is COCc1cc(N2CCN(c3ccc(OC)cc3)CC2)nc(SCc2ccc(C(=O)NC[C@@H]3CCCO3)o2)n1. The van der Waals surface area contributed by atoms with Crippen LogP contribution in [0.2, 0.25) is 0 Å². The Bertz CT molecular complexity index is 1220. The molecule has 0 bridgehead atoms. The number of carbonyl (C=O) groups excluding carboxylic acids is 1. The maximum atomic E-state index is 12.4. The summed E-state index contributed by atoms with van der Waals surface area (Å²) in [7, 11) is 3.34. The van der Waals surface area contributed by atoms with E-state index in [1.165, 1.54) is 17.4 Å². The van der Waals surface area contributed by atoms with Crippen molar-refractivity contribution < 1.29 is 23.4 Å². The number of nitrogens with zero attached hydrogens (tertiary/aromatic N) is 4. The fourth-order valence-electron chi connectivity index (χ4n) is 4.71. The van der Waals surface area contributed by atoms with Gasteiger partial charge in [-0.1, -0.05) is 11.8 Å². The summed E-state index contributed by atoms with van der Waals surface area (Å²) in [4.78, 5) is 26.6. The highest BCUT2D eigenvalue weighted by atomic mass is 32.2. The number of hydrogen-bond donors (Lipinski definition) is 1. The fourth-order valence-corrected chi connectivity index (χ4v) is 5.47. The van der Waals surface area contributed by atoms with E-state index in [2.05, 4.69) is 32.2 Å². The first-order valence-electron chi connectivity index (χ1n) is 13.2. The van der Waals surface area contributed by atoms with Crippen LogP contribution in [0.15, 0.2) is 52.0 Å². The molecular formula is C28H35N5O5S. The largest absolute Gasteiger partial charge is 0.497 e. The van der Waals surface area contributed by atoms with Crippen molar-refractivity contribution in [1.29, 1.82) is 0 Å². The van der Waals surface area contributed by atoms with Crippen molar-refractivity contribution in [1.82, 2.24) is 15.3 Å². The number of anilines is 2. The van der Waals surface area contributed by atoms with E-state index in [-0.39, 0.29) is 12.0 Å². The zero-order valence-corrected chi connectivity index (χ0v) is 23.2. The summed E-state index contributed by atoms with van der Waals surface area (Å²) in [5.41, 5.74) is 2.02. The highest BCUT2D eigenvalue weighted by Gasteiger charge is 2.21. The first kappa shape index (κ1) is 27.3. The number of hydrogen-bond acceptors (Lipinski definition) is 10. The van der Waals surface area contributed by atoms with Crippen LogP contribution in [0.3, 0.4) is 0 Å². The molecule has 0 aliphatic carbocycles. The van der Waals surface area contributed by atoms with Gasteiger partial charge in [-0.3, -0.25) is 4.79 Å². The zero-order valence-electron chi connectivity index (χ0n) is 22.4. The molecule has 39 heavy (non-hydrogen) atoms. The minimum atomic E-state index is -0.226. The van der Waals surface area contributed by atoms with Crippen LogP contribution < -0.4 is 19.9 Å². The lowest BCUT2D eigenvalue weighted by Crippen LogP contribution is -2.46. The number of rotatable bonds is 11. The molecule has 1 aromatic carbocycles. The third kappa shape index (κ3) is 7.23. The summed E-state index contributed by atoms with van der Waals surface area (Å²) in [6.07, 6.45) is 2.11. The number of benzene rings is 1. The molecule has 1 atom stereocenters. The van der Waals surface area contributed by atoms with Crippen LogP contribution in [0.25, 0.3) is 0 Å². The molecule has 1 amide bonds. The number of amides is 1. The van der Waals surface area contributed by atoms with Crippen molar-refractivity contribution in [2.45, 2.75) is 36.5 Å². The Labute approximate surface area is 233 Å². The van der Waals surface area contributed by atoms with Gasteiger partial charge >= 0.3 is 0 Å². The van der Waals surface area contributed by atoms with Crippen LogP contribution in [0.4, 0.5) is 11.5 Å². The Morgan fingerprint density at radius 2 is 1.87 bits per heavy atom. The van der Waals surface area contributed by atoms with Crippen molar-refractivity contribution in [3.8, 4) is 5.75 Å². The second kappa shape index (κ2) is 13.2. The molecule has 4 heterocycles. The summed E-state index contributed by atoms with van der Waals surface area (Å²) < 4.78 is 22.0. The van der Waals surface area contributed by atoms with Crippen LogP contribution in [0, 0.1) is 0 Å². The topological polar surface area (TPSA) is 102 Å². The van der Waals surface area contributed by atoms with Crippen molar-refractivity contribution in [3.05, 3.63) is 59.7 Å². The molecule has 0 spiro atoms. The third-order valence-corrected chi connectivity index (χ3v) is 7.69. The molecule has 11 heteroatoms. The van der Waals surface area contributed by atoms with Gasteiger partial charge in [0, 0.05) is 58.2 Å². The second-order valence-electron chi connectivity index (χ2n) is 9.50. The van der Waals surface area contributed by atoms with Crippen LogP contribution in [-0.2, 0) is 21.8 Å². The van der Waals surface area contributed by atoms with Crippen molar-refractivity contribution >= 4 is 29.2 Å². The van der Waals surface area contributed by atoms with E-state index in [0.717, 1.165) is 62.9 Å². The quantitative estimate of drug-likeness (QED) is 0.279. The van der Waals surface area contributed by atoms with E-state index in [0.29, 0.717) is 35.6 Å². The van der Waals surface area contributed by atoms with E-state index in [4.69, 9.17) is 23.6 Å². The van der Waals surface area contributed by atoms with Crippen LogP contribution in [0.5, 0.6) is 5.75 Å². The van der Waals surface area contributed by atoms with Gasteiger partial charge in [0.15, 0.2) is 10.9 Å². The molecule has 2 aliphatic rings. The zero-order chi connectivity index (χ0) is 27.0. The van der Waals surface area contributed by atoms with Gasteiger partial charge in [-0.15, -0.1) is 0 Å². The summed E-state index contributed by atoms with van der Waals surface area (Å²) in [5, 5.41) is 3.55. The maximum Gasteiger partial charge on any atom is 0.287 e. The van der Waals surface area contributed by atoms with Crippen molar-refractivity contribution in [2.24, 2.45) is 0 Å². The summed E-state index contributed by atoms with van der Waals surface area (Å²) >= 11 is 1.48. The summed E-state index contributed by atoms with van der Waals surface area (Å²) in [5.74, 6) is 3.03. The highest BCUT2D eigenvalue weighted by Crippen LogP contribution is 2.26. The number of thioether (sulfide) groups is 1. The number of aromatic nitrogens is 2. The van der Waals surface area contributed by atoms with E-state index < -0.39 is 0 Å². The highest BCUT2D eigenvalue weighted by molar-refractivity contribution is 7.98. The first-order chi connectivity index (χ1) is 19.1. The molecular weight excluding hydrogens is 518 g/mol. The van der Waals surface area contributed by atoms with E-state index in [1.54, 1.807) is 20.3 Å². The number of carbonyl (C=O) groups is 1. The maximum absolute atomic E-state index is 12.4. The number of methoxy groups -OCH3 is 2. The molecule has 2 saturated heterocycles. The number of ether oxygens (including phenoxy) is 3. The van der Waals surface area contributed by atoms with Gasteiger partial charge in [-0.25, -0.2) is 9.97 Å². The normalized spacial score (nSPS) is 17.4. The third-order valence-electron chi connectivity index (χ3n) is 6.82. The van der Waals surface area contributed by atoms with Crippen LogP contribution >= 0.6 is 11.8 Å². The minimum Gasteiger partial charge on any atom is -0.497 e. The van der Waals surface area contributed by atoms with Gasteiger partial charge in [0.2, 0.25) is 0 Å². The van der Waals surface area contributed by atoms with E-state index >= 15 is 0 Å². The van der Waals surface area contributed by atoms with E-state index in [9.17, 15) is 4.79 Å². The molecule has 2 aliphatic heterocycles. The summed E-state index contributed by atoms with van der Waals surface area (Å²) in [6.45, 7) is 5.15. The van der Waals surface area contributed by atoms with Crippen LogP contribution in [-0.4, -0.2) is 75.5 Å². The molecule has 5 rings (SSSR count). The Morgan fingerprint density at radius 1 is 1.08 bits per heavy atom. The molecule has 2 aromatic heterocycles. The van der Waals surface area contributed by atoms with Gasteiger partial charge in [0.25, 0.3) is 5.91 Å². The molecule has 0 unspecified atom stereocenters. The van der Waals surface area contributed by atoms with Gasteiger partial charge in [-0.05, 0) is 49.2 Å². The lowest BCUT2D eigenvalue weighted by molar-refractivity contribution is 0.0834. The number of nitrogens with one attached hydrogen (secondary N) is 1. The van der Waals surface area contributed by atoms with Crippen LogP contribution in [0.1, 0.15) is 34.9 Å². The number of furan rings is 1. The fraction of sp³-hybridized carbons (Fsp3) is 0.464. The Hall–Kier alpha value is -3.28. The summed E-state index contributed by atoms with van der Waals surface area (Å²) in [6, 6.07) is 13.7. The van der Waals surface area contributed by atoms with Gasteiger partial charge in [0.1, 0.15) is 17.3 Å². The monoisotopic (exact) mass is 553 g/mol. The smallest absolute Gasteiger partial charge is 0.287 e. The van der Waals surface area contributed by atoms with Gasteiger partial charge < -0.3 is 33.7 Å². The van der Waals surface area contributed by atoms with Crippen molar-refractivity contribution in [2.75, 3.05) is 63.4 Å². The standard InChI is InChI=1S/C28H35N5O5S/c1-35-18-20-16-26(33-13-11-32(12-14-33)21-5-7-22(36-2)8-6-21)31-28(30-20)39-19-24-9-10-25(38-24)27(34)29-17-23-4-3-15-37-23/h5-10,16,23H,3-4,11-15,17-19H2,1-2H3,(H,29,34)/t23-/m0/s1. The number of piperazine rings is 1. The average molecular weight is 554 g/mol. The minimum absolute atomic E-state index is 0.0927. The Morgan fingerprint density at radius 3 is 2.59 bits per heavy atom. The predicted octanol–water partition coefficient (Wildman–Crippen LogP) is 3.75. The predicted molar refractivity (Wildman–Crippen MR) is 150 cm³/mol. The van der Waals surface area contributed by atoms with Crippen molar-refractivity contribution in [3.63, 3.8) is 0 Å². The lowest BCUT2D eigenvalue weighted by atomic mass is 10.2. The molecule has 10 nitrogen and oxygen atoms in total. The first-order valence-corrected chi connectivity index (χ1v) is 14.2. The average Bonchev–Trinajstić information content (AvgIpc) is 3.68. The van der Waals surface area contributed by atoms with E-state index in [1.807, 2.05) is 24.3 Å². The Balaban J connectivity index is 1.18. The van der Waals surface area contributed by atoms with Gasteiger partial charge in [-0.2, -0.15) is 0 Å². The van der Waals surface area contributed by atoms with Gasteiger partial charge in [0.05, 0.1) is 31.3 Å². The Kier molecular flexibility index (Phi) is 9.23. The molecule has 3 aromatic rings. The molecule has 0 saturated carbocycles. The lowest BCUT2D eigenvalue weighted by Gasteiger charge is -2.37. The molecule has 208 valence electrons. The molecule has 1 N–H and O–H groups in total.